The Bertz CT molecular complexity index is 1030. The SMILES string of the molecule is COc1ccc2c3c1OC1C[C@@H](OC(=O)c4ccc(N(C)C)cc4)C(C)[C@@]31CCN(C)C2. The van der Waals surface area contributed by atoms with Gasteiger partial charge in [-0.3, -0.25) is 0 Å². The van der Waals surface area contributed by atoms with Gasteiger partial charge < -0.3 is 24.0 Å². The van der Waals surface area contributed by atoms with Gasteiger partial charge in [0.05, 0.1) is 12.7 Å². The molecule has 2 aliphatic heterocycles. The van der Waals surface area contributed by atoms with Crippen molar-refractivity contribution in [2.45, 2.75) is 43.9 Å². The first-order valence-electron chi connectivity index (χ1n) is 11.4. The number of carbonyl (C=O) groups is 1. The predicted molar refractivity (Wildman–Crippen MR) is 124 cm³/mol. The smallest absolute Gasteiger partial charge is 0.338 e. The predicted octanol–water partition coefficient (Wildman–Crippen LogP) is 3.86. The van der Waals surface area contributed by atoms with Crippen molar-refractivity contribution < 1.29 is 19.0 Å². The summed E-state index contributed by atoms with van der Waals surface area (Å²) >= 11 is 0. The molecule has 4 atom stereocenters. The molecule has 2 aromatic rings. The third-order valence-electron chi connectivity index (χ3n) is 7.77. The average molecular weight is 437 g/mol. The number of hydrogen-bond acceptors (Lipinski definition) is 6. The van der Waals surface area contributed by atoms with E-state index in [9.17, 15) is 4.79 Å². The Kier molecular flexibility index (Phi) is 5.08. The van der Waals surface area contributed by atoms with E-state index in [2.05, 4.69) is 24.9 Å². The summed E-state index contributed by atoms with van der Waals surface area (Å²) in [5.41, 5.74) is 4.04. The van der Waals surface area contributed by atoms with Crippen LogP contribution in [0.25, 0.3) is 0 Å². The standard InChI is InChI=1S/C26H32N2O4/c1-16-21(31-25(29)17-6-9-19(10-7-17)27(2)3)14-22-26(16)12-13-28(4)15-18-8-11-20(30-5)24(32-22)23(18)26/h6-11,16,21-22H,12-15H2,1-5H3/t16?,21-,22?,26-/m1/s1. The zero-order valence-corrected chi connectivity index (χ0v) is 19.6. The largest absolute Gasteiger partial charge is 0.493 e. The van der Waals surface area contributed by atoms with Crippen LogP contribution < -0.4 is 14.4 Å². The van der Waals surface area contributed by atoms with Crippen LogP contribution in [0.4, 0.5) is 5.69 Å². The van der Waals surface area contributed by atoms with Crippen LogP contribution in [0.5, 0.6) is 11.5 Å². The maximum atomic E-state index is 13.0. The highest BCUT2D eigenvalue weighted by Crippen LogP contribution is 2.61. The number of benzene rings is 2. The summed E-state index contributed by atoms with van der Waals surface area (Å²) in [6.45, 7) is 4.09. The minimum atomic E-state index is -0.264. The van der Waals surface area contributed by atoms with E-state index in [-0.39, 0.29) is 29.5 Å². The van der Waals surface area contributed by atoms with Crippen LogP contribution in [-0.2, 0) is 16.7 Å². The maximum absolute atomic E-state index is 13.0. The van der Waals surface area contributed by atoms with Crippen molar-refractivity contribution in [3.63, 3.8) is 0 Å². The molecule has 170 valence electrons. The van der Waals surface area contributed by atoms with Crippen molar-refractivity contribution in [3.05, 3.63) is 53.1 Å². The van der Waals surface area contributed by atoms with E-state index in [0.717, 1.165) is 36.7 Å². The number of hydrogen-bond donors (Lipinski definition) is 0. The molecule has 1 fully saturated rings. The number of esters is 1. The second kappa shape index (κ2) is 7.69. The zero-order chi connectivity index (χ0) is 22.6. The Labute approximate surface area is 190 Å². The van der Waals surface area contributed by atoms with Crippen molar-refractivity contribution in [2.75, 3.05) is 39.7 Å². The van der Waals surface area contributed by atoms with E-state index in [0.29, 0.717) is 12.0 Å². The molecule has 0 bridgehead atoms. The van der Waals surface area contributed by atoms with Gasteiger partial charge in [0.15, 0.2) is 11.5 Å². The van der Waals surface area contributed by atoms with Crippen molar-refractivity contribution in [2.24, 2.45) is 5.92 Å². The van der Waals surface area contributed by atoms with Gasteiger partial charge in [-0.25, -0.2) is 4.79 Å². The van der Waals surface area contributed by atoms with Gasteiger partial charge in [-0.1, -0.05) is 13.0 Å². The van der Waals surface area contributed by atoms with Crippen LogP contribution in [-0.4, -0.2) is 57.9 Å². The van der Waals surface area contributed by atoms with Crippen molar-refractivity contribution >= 4 is 11.7 Å². The maximum Gasteiger partial charge on any atom is 0.338 e. The van der Waals surface area contributed by atoms with Crippen LogP contribution in [0.2, 0.25) is 0 Å². The van der Waals surface area contributed by atoms with Crippen LogP contribution in [0, 0.1) is 5.92 Å². The Morgan fingerprint density at radius 2 is 1.94 bits per heavy atom. The van der Waals surface area contributed by atoms with Gasteiger partial charge in [-0.05, 0) is 55.9 Å². The van der Waals surface area contributed by atoms with E-state index in [4.69, 9.17) is 14.2 Å². The molecule has 0 aromatic heterocycles. The highest BCUT2D eigenvalue weighted by atomic mass is 16.6. The number of nitrogens with zero attached hydrogens (tertiary/aromatic N) is 2. The average Bonchev–Trinajstić information content (AvgIpc) is 3.17. The van der Waals surface area contributed by atoms with Gasteiger partial charge in [0, 0.05) is 49.6 Å². The molecule has 6 heteroatoms. The summed E-state index contributed by atoms with van der Waals surface area (Å²) in [7, 11) is 7.83. The van der Waals surface area contributed by atoms with Crippen molar-refractivity contribution in [1.82, 2.24) is 4.90 Å². The number of carbonyl (C=O) groups excluding carboxylic acids is 1. The molecule has 6 nitrogen and oxygen atoms in total. The van der Waals surface area contributed by atoms with Crippen LogP contribution in [0.15, 0.2) is 36.4 Å². The van der Waals surface area contributed by atoms with E-state index in [1.807, 2.05) is 49.3 Å². The quantitative estimate of drug-likeness (QED) is 0.679. The minimum Gasteiger partial charge on any atom is -0.493 e. The number of methoxy groups -OCH3 is 1. The molecular formula is C26H32N2O4. The second-order valence-corrected chi connectivity index (χ2v) is 9.68. The molecule has 5 rings (SSSR count). The molecule has 2 aromatic carbocycles. The van der Waals surface area contributed by atoms with Gasteiger partial charge in [-0.2, -0.15) is 0 Å². The summed E-state index contributed by atoms with van der Waals surface area (Å²) in [6.07, 6.45) is 1.48. The fourth-order valence-electron chi connectivity index (χ4n) is 5.97. The Morgan fingerprint density at radius 1 is 1.19 bits per heavy atom. The second-order valence-electron chi connectivity index (χ2n) is 9.68. The Hall–Kier alpha value is -2.73. The molecule has 0 amide bonds. The highest BCUT2D eigenvalue weighted by Gasteiger charge is 2.62. The summed E-state index contributed by atoms with van der Waals surface area (Å²) in [4.78, 5) is 17.4. The van der Waals surface area contributed by atoms with Gasteiger partial charge in [0.25, 0.3) is 0 Å². The molecule has 32 heavy (non-hydrogen) atoms. The molecule has 0 radical (unpaired) electrons. The topological polar surface area (TPSA) is 51.2 Å². The van der Waals surface area contributed by atoms with E-state index >= 15 is 0 Å². The molecule has 1 spiro atoms. The Morgan fingerprint density at radius 3 is 2.62 bits per heavy atom. The molecule has 0 N–H and O–H groups in total. The first-order valence-corrected chi connectivity index (χ1v) is 11.4. The first kappa shape index (κ1) is 21.1. The lowest BCUT2D eigenvalue weighted by Gasteiger charge is -2.34. The van der Waals surface area contributed by atoms with E-state index in [1.165, 1.54) is 11.1 Å². The molecule has 3 aliphatic rings. The summed E-state index contributed by atoms with van der Waals surface area (Å²) < 4.78 is 18.3. The third kappa shape index (κ3) is 3.07. The van der Waals surface area contributed by atoms with E-state index < -0.39 is 0 Å². The minimum absolute atomic E-state index is 0.0111. The fourth-order valence-corrected chi connectivity index (χ4v) is 5.97. The molecule has 2 unspecified atom stereocenters. The highest BCUT2D eigenvalue weighted by molar-refractivity contribution is 5.90. The number of ether oxygens (including phenoxy) is 3. The van der Waals surface area contributed by atoms with Gasteiger partial charge >= 0.3 is 5.97 Å². The normalized spacial score (nSPS) is 28.3. The Balaban J connectivity index is 1.45. The fraction of sp³-hybridized carbons (Fsp3) is 0.500. The third-order valence-corrected chi connectivity index (χ3v) is 7.77. The van der Waals surface area contributed by atoms with Crippen LogP contribution >= 0.6 is 0 Å². The molecular weight excluding hydrogens is 404 g/mol. The molecule has 0 saturated heterocycles. The summed E-state index contributed by atoms with van der Waals surface area (Å²) in [5.74, 6) is 1.57. The van der Waals surface area contributed by atoms with Crippen LogP contribution in [0.3, 0.4) is 0 Å². The van der Waals surface area contributed by atoms with Gasteiger partial charge in [-0.15, -0.1) is 0 Å². The number of anilines is 1. The lowest BCUT2D eigenvalue weighted by atomic mass is 9.69. The first-order chi connectivity index (χ1) is 15.3. The lowest BCUT2D eigenvalue weighted by Crippen LogP contribution is -2.40. The number of rotatable bonds is 4. The molecule has 1 aliphatic carbocycles. The monoisotopic (exact) mass is 436 g/mol. The van der Waals surface area contributed by atoms with E-state index in [1.54, 1.807) is 7.11 Å². The molecule has 1 saturated carbocycles. The summed E-state index contributed by atoms with van der Waals surface area (Å²) in [6, 6.07) is 11.8. The van der Waals surface area contributed by atoms with Crippen molar-refractivity contribution in [3.8, 4) is 11.5 Å². The van der Waals surface area contributed by atoms with Gasteiger partial charge in [0.1, 0.15) is 12.2 Å². The molecule has 2 heterocycles. The van der Waals surface area contributed by atoms with Crippen LogP contribution in [0.1, 0.15) is 41.3 Å². The zero-order valence-electron chi connectivity index (χ0n) is 19.6. The van der Waals surface area contributed by atoms with Crippen molar-refractivity contribution in [1.29, 1.82) is 0 Å². The van der Waals surface area contributed by atoms with Gasteiger partial charge in [0.2, 0.25) is 0 Å². The summed E-state index contributed by atoms with van der Waals surface area (Å²) in [5, 5.41) is 0. The lowest BCUT2D eigenvalue weighted by molar-refractivity contribution is 0.0173.